The van der Waals surface area contributed by atoms with E-state index in [0.29, 0.717) is 19.4 Å². The van der Waals surface area contributed by atoms with E-state index in [1.807, 2.05) is 48.5 Å². The van der Waals surface area contributed by atoms with Crippen molar-refractivity contribution in [2.75, 3.05) is 11.4 Å². The number of carboxylic acid groups (broad SMARTS) is 1. The van der Waals surface area contributed by atoms with Crippen LogP contribution in [0.4, 0.5) is 5.69 Å². The lowest BCUT2D eigenvalue weighted by Gasteiger charge is -2.34. The number of amides is 2. The zero-order chi connectivity index (χ0) is 19.7. The van der Waals surface area contributed by atoms with E-state index < -0.39 is 12.0 Å². The summed E-state index contributed by atoms with van der Waals surface area (Å²) in [4.78, 5) is 39.7. The highest BCUT2D eigenvalue weighted by Gasteiger charge is 2.34. The number of rotatable bonds is 4. The molecular formula is C22H22N2O4. The van der Waals surface area contributed by atoms with Gasteiger partial charge in [-0.1, -0.05) is 36.4 Å². The van der Waals surface area contributed by atoms with E-state index in [0.717, 1.165) is 35.3 Å². The summed E-state index contributed by atoms with van der Waals surface area (Å²) in [5.74, 6) is -1.06. The van der Waals surface area contributed by atoms with Gasteiger partial charge in [0.25, 0.3) is 0 Å². The number of carbonyl (C=O) groups excluding carboxylic acids is 2. The Morgan fingerprint density at radius 1 is 1.04 bits per heavy atom. The first-order valence-corrected chi connectivity index (χ1v) is 9.51. The number of aliphatic carboxylic acids is 1. The van der Waals surface area contributed by atoms with Crippen molar-refractivity contribution < 1.29 is 19.5 Å². The van der Waals surface area contributed by atoms with Crippen molar-refractivity contribution in [1.82, 2.24) is 4.90 Å². The molecule has 2 amide bonds. The average Bonchev–Trinajstić information content (AvgIpc) is 3.13. The zero-order valence-electron chi connectivity index (χ0n) is 15.5. The molecule has 2 aliphatic rings. The molecule has 4 rings (SSSR count). The number of benzene rings is 2. The second-order valence-electron chi connectivity index (χ2n) is 7.34. The van der Waals surface area contributed by atoms with Gasteiger partial charge in [0.1, 0.15) is 6.04 Å². The first-order valence-electron chi connectivity index (χ1n) is 9.51. The maximum atomic E-state index is 12.9. The molecule has 28 heavy (non-hydrogen) atoms. The molecule has 1 fully saturated rings. The van der Waals surface area contributed by atoms with Crippen molar-refractivity contribution in [3.8, 4) is 0 Å². The zero-order valence-corrected chi connectivity index (χ0v) is 15.5. The maximum absolute atomic E-state index is 12.9. The molecule has 2 aromatic carbocycles. The van der Waals surface area contributed by atoms with Gasteiger partial charge in [-0.05, 0) is 35.2 Å². The monoisotopic (exact) mass is 378 g/mol. The van der Waals surface area contributed by atoms with Crippen LogP contribution in [0.5, 0.6) is 0 Å². The minimum atomic E-state index is -0.981. The molecule has 0 aromatic heterocycles. The predicted octanol–water partition coefficient (Wildman–Crippen LogP) is 2.39. The smallest absolute Gasteiger partial charge is 0.326 e. The summed E-state index contributed by atoms with van der Waals surface area (Å²) in [7, 11) is 0. The number of hydrogen-bond donors (Lipinski definition) is 1. The Morgan fingerprint density at radius 2 is 1.75 bits per heavy atom. The number of nitrogens with zero attached hydrogens (tertiary/aromatic N) is 2. The maximum Gasteiger partial charge on any atom is 0.326 e. The summed E-state index contributed by atoms with van der Waals surface area (Å²) in [5, 5.41) is 9.60. The Labute approximate surface area is 163 Å². The molecule has 0 bridgehead atoms. The summed E-state index contributed by atoms with van der Waals surface area (Å²) in [5.41, 5.74) is 3.63. The fraction of sp³-hybridized carbons (Fsp3) is 0.318. The van der Waals surface area contributed by atoms with Gasteiger partial charge in [0, 0.05) is 31.6 Å². The van der Waals surface area contributed by atoms with Gasteiger partial charge in [-0.2, -0.15) is 0 Å². The topological polar surface area (TPSA) is 77.9 Å². The molecule has 6 heteroatoms. The van der Waals surface area contributed by atoms with Crippen molar-refractivity contribution >= 4 is 23.5 Å². The third-order valence-electron chi connectivity index (χ3n) is 5.53. The molecule has 2 aromatic rings. The Balaban J connectivity index is 1.49. The van der Waals surface area contributed by atoms with Crippen LogP contribution in [0.2, 0.25) is 0 Å². The highest BCUT2D eigenvalue weighted by Crippen LogP contribution is 2.25. The molecule has 2 heterocycles. The minimum absolute atomic E-state index is 0.125. The molecule has 1 N–H and O–H groups in total. The van der Waals surface area contributed by atoms with Crippen LogP contribution in [0.3, 0.4) is 0 Å². The molecule has 0 radical (unpaired) electrons. The lowest BCUT2D eigenvalue weighted by molar-refractivity contribution is -0.151. The first kappa shape index (κ1) is 18.2. The van der Waals surface area contributed by atoms with Gasteiger partial charge in [-0.3, -0.25) is 9.59 Å². The summed E-state index contributed by atoms with van der Waals surface area (Å²) in [6.45, 7) is 1.04. The Hall–Kier alpha value is -3.15. The second-order valence-corrected chi connectivity index (χ2v) is 7.34. The fourth-order valence-electron chi connectivity index (χ4n) is 4.00. The highest BCUT2D eigenvalue weighted by atomic mass is 16.4. The SMILES string of the molecule is O=C(O)C1Cc2ccccc2CN1C(=O)Cc1ccc(N2CCCC2=O)cc1. The normalized spacial score (nSPS) is 18.9. The van der Waals surface area contributed by atoms with Gasteiger partial charge in [0.2, 0.25) is 11.8 Å². The van der Waals surface area contributed by atoms with Gasteiger partial charge < -0.3 is 14.9 Å². The van der Waals surface area contributed by atoms with E-state index in [9.17, 15) is 19.5 Å². The number of anilines is 1. The fourth-order valence-corrected chi connectivity index (χ4v) is 4.00. The number of hydrogen-bond acceptors (Lipinski definition) is 3. The van der Waals surface area contributed by atoms with Crippen LogP contribution in [0.1, 0.15) is 29.5 Å². The quantitative estimate of drug-likeness (QED) is 0.886. The van der Waals surface area contributed by atoms with Crippen LogP contribution < -0.4 is 4.90 Å². The third-order valence-corrected chi connectivity index (χ3v) is 5.53. The van der Waals surface area contributed by atoms with Crippen LogP contribution in [0, 0.1) is 0 Å². The van der Waals surface area contributed by atoms with Crippen LogP contribution >= 0.6 is 0 Å². The van der Waals surface area contributed by atoms with Crippen molar-refractivity contribution in [3.63, 3.8) is 0 Å². The lowest BCUT2D eigenvalue weighted by Crippen LogP contribution is -2.49. The summed E-state index contributed by atoms with van der Waals surface area (Å²) < 4.78 is 0. The molecule has 0 spiro atoms. The van der Waals surface area contributed by atoms with Gasteiger partial charge in [0.05, 0.1) is 6.42 Å². The minimum Gasteiger partial charge on any atom is -0.480 e. The molecule has 2 aliphatic heterocycles. The number of carboxylic acids is 1. The second kappa shape index (κ2) is 7.46. The molecule has 1 saturated heterocycles. The molecule has 6 nitrogen and oxygen atoms in total. The summed E-state index contributed by atoms with van der Waals surface area (Å²) in [6.07, 6.45) is 1.91. The third kappa shape index (κ3) is 3.50. The van der Waals surface area contributed by atoms with Crippen LogP contribution in [0.15, 0.2) is 48.5 Å². The van der Waals surface area contributed by atoms with Gasteiger partial charge in [0.15, 0.2) is 0 Å². The standard InChI is InChI=1S/C22H22N2O4/c25-20-6-3-11-23(20)18-9-7-15(8-10-18)12-21(26)24-14-17-5-2-1-4-16(17)13-19(24)22(27)28/h1-2,4-5,7-10,19H,3,6,11-14H2,(H,27,28). The predicted molar refractivity (Wildman–Crippen MR) is 104 cm³/mol. The Morgan fingerprint density at radius 3 is 2.39 bits per heavy atom. The van der Waals surface area contributed by atoms with Crippen LogP contribution in [-0.4, -0.2) is 40.4 Å². The molecule has 144 valence electrons. The van der Waals surface area contributed by atoms with E-state index in [-0.39, 0.29) is 18.2 Å². The van der Waals surface area contributed by atoms with Crippen molar-refractivity contribution in [2.45, 2.75) is 38.3 Å². The summed E-state index contributed by atoms with van der Waals surface area (Å²) >= 11 is 0. The number of fused-ring (bicyclic) bond motifs is 1. The lowest BCUT2D eigenvalue weighted by atomic mass is 9.93. The van der Waals surface area contributed by atoms with Gasteiger partial charge in [-0.15, -0.1) is 0 Å². The van der Waals surface area contributed by atoms with E-state index >= 15 is 0 Å². The van der Waals surface area contributed by atoms with E-state index in [4.69, 9.17) is 0 Å². The van der Waals surface area contributed by atoms with Gasteiger partial charge >= 0.3 is 5.97 Å². The molecule has 0 aliphatic carbocycles. The van der Waals surface area contributed by atoms with E-state index in [1.165, 1.54) is 4.90 Å². The van der Waals surface area contributed by atoms with Crippen molar-refractivity contribution in [1.29, 1.82) is 0 Å². The molecular weight excluding hydrogens is 356 g/mol. The average molecular weight is 378 g/mol. The van der Waals surface area contributed by atoms with Crippen molar-refractivity contribution in [2.24, 2.45) is 0 Å². The first-order chi connectivity index (χ1) is 13.5. The Bertz CT molecular complexity index is 922. The van der Waals surface area contributed by atoms with Crippen molar-refractivity contribution in [3.05, 3.63) is 65.2 Å². The van der Waals surface area contributed by atoms with Crippen LogP contribution in [-0.2, 0) is 33.8 Å². The number of carbonyl (C=O) groups is 3. The Kier molecular flexibility index (Phi) is 4.86. The summed E-state index contributed by atoms with van der Waals surface area (Å²) in [6, 6.07) is 14.2. The largest absolute Gasteiger partial charge is 0.480 e. The van der Waals surface area contributed by atoms with Crippen LogP contribution in [0.25, 0.3) is 0 Å². The van der Waals surface area contributed by atoms with Gasteiger partial charge in [-0.25, -0.2) is 4.79 Å². The molecule has 1 atom stereocenters. The van der Waals surface area contributed by atoms with E-state index in [2.05, 4.69) is 0 Å². The van der Waals surface area contributed by atoms with E-state index in [1.54, 1.807) is 4.90 Å². The molecule has 0 saturated carbocycles. The molecule has 1 unspecified atom stereocenters. The highest BCUT2D eigenvalue weighted by molar-refractivity contribution is 5.95.